The van der Waals surface area contributed by atoms with Gasteiger partial charge in [-0.1, -0.05) is 0 Å². The lowest BCUT2D eigenvalue weighted by Crippen LogP contribution is -2.43. The lowest BCUT2D eigenvalue weighted by Gasteiger charge is -2.19. The monoisotopic (exact) mass is 292 g/mol. The minimum atomic E-state index is -0.572. The van der Waals surface area contributed by atoms with Crippen LogP contribution in [0, 0.1) is 5.82 Å². The molecule has 0 saturated heterocycles. The SMILES string of the molecule is CC(C)(C)NC(=O)n1ccc(Oc2ccc(N)c(F)c2)n1. The number of hydrogen-bond acceptors (Lipinski definition) is 4. The Morgan fingerprint density at radius 2 is 2.10 bits per heavy atom. The number of aromatic nitrogens is 2. The van der Waals surface area contributed by atoms with E-state index in [1.807, 2.05) is 20.8 Å². The average Bonchev–Trinajstić information content (AvgIpc) is 2.80. The van der Waals surface area contributed by atoms with E-state index in [4.69, 9.17) is 10.5 Å². The quantitative estimate of drug-likeness (QED) is 0.834. The van der Waals surface area contributed by atoms with Crippen LogP contribution in [-0.2, 0) is 0 Å². The molecule has 112 valence electrons. The van der Waals surface area contributed by atoms with Crippen LogP contribution in [-0.4, -0.2) is 21.4 Å². The standard InChI is InChI=1S/C14H17FN4O2/c1-14(2,3)17-13(20)19-7-6-12(18-19)21-9-4-5-11(16)10(15)8-9/h4-8H,16H2,1-3H3,(H,17,20). The first kappa shape index (κ1) is 14.8. The van der Waals surface area contributed by atoms with Crippen molar-refractivity contribution >= 4 is 11.7 Å². The number of ether oxygens (including phenoxy) is 1. The van der Waals surface area contributed by atoms with Gasteiger partial charge < -0.3 is 15.8 Å². The molecule has 0 saturated carbocycles. The first-order valence-electron chi connectivity index (χ1n) is 6.36. The maximum Gasteiger partial charge on any atom is 0.342 e. The summed E-state index contributed by atoms with van der Waals surface area (Å²) in [7, 11) is 0. The van der Waals surface area contributed by atoms with E-state index in [0.29, 0.717) is 0 Å². The van der Waals surface area contributed by atoms with Crippen LogP contribution in [0.15, 0.2) is 30.5 Å². The molecule has 2 rings (SSSR count). The van der Waals surface area contributed by atoms with Gasteiger partial charge in [0.15, 0.2) is 0 Å². The molecule has 0 fully saturated rings. The molecule has 1 aromatic heterocycles. The third kappa shape index (κ3) is 3.95. The minimum Gasteiger partial charge on any atom is -0.437 e. The number of benzene rings is 1. The van der Waals surface area contributed by atoms with Gasteiger partial charge in [-0.2, -0.15) is 4.68 Å². The Morgan fingerprint density at radius 3 is 2.71 bits per heavy atom. The molecule has 0 aliphatic rings. The van der Waals surface area contributed by atoms with Crippen molar-refractivity contribution in [3.63, 3.8) is 0 Å². The molecular weight excluding hydrogens is 275 g/mol. The molecule has 21 heavy (non-hydrogen) atoms. The van der Waals surface area contributed by atoms with Crippen molar-refractivity contribution in [3.05, 3.63) is 36.3 Å². The summed E-state index contributed by atoms with van der Waals surface area (Å²) in [5.74, 6) is -0.135. The fourth-order valence-electron chi connectivity index (χ4n) is 1.54. The highest BCUT2D eigenvalue weighted by atomic mass is 19.1. The molecule has 3 N–H and O–H groups in total. The number of nitrogens with two attached hydrogens (primary N) is 1. The van der Waals surface area contributed by atoms with Crippen LogP contribution in [0.3, 0.4) is 0 Å². The van der Waals surface area contributed by atoms with Gasteiger partial charge in [-0.05, 0) is 32.9 Å². The van der Waals surface area contributed by atoms with Crippen molar-refractivity contribution in [2.75, 3.05) is 5.73 Å². The van der Waals surface area contributed by atoms with Gasteiger partial charge in [0, 0.05) is 23.9 Å². The zero-order chi connectivity index (χ0) is 15.6. The van der Waals surface area contributed by atoms with Crippen LogP contribution in [0.1, 0.15) is 20.8 Å². The van der Waals surface area contributed by atoms with Crippen molar-refractivity contribution in [3.8, 4) is 11.6 Å². The van der Waals surface area contributed by atoms with Crippen molar-refractivity contribution in [1.29, 1.82) is 0 Å². The molecule has 0 aliphatic carbocycles. The van der Waals surface area contributed by atoms with Gasteiger partial charge in [0.05, 0.1) is 5.69 Å². The van der Waals surface area contributed by atoms with E-state index < -0.39 is 5.82 Å². The molecule has 0 spiro atoms. The number of nitrogens with zero attached hydrogens (tertiary/aromatic N) is 2. The number of hydrogen-bond donors (Lipinski definition) is 2. The molecule has 1 amide bonds. The molecule has 6 nitrogen and oxygen atoms in total. The second kappa shape index (κ2) is 5.43. The summed E-state index contributed by atoms with van der Waals surface area (Å²) >= 11 is 0. The summed E-state index contributed by atoms with van der Waals surface area (Å²) in [6, 6.07) is 5.21. The molecule has 0 unspecified atom stereocenters. The lowest BCUT2D eigenvalue weighted by molar-refractivity contribution is 0.230. The van der Waals surface area contributed by atoms with E-state index in [-0.39, 0.29) is 28.9 Å². The number of nitrogen functional groups attached to an aromatic ring is 1. The highest BCUT2D eigenvalue weighted by Crippen LogP contribution is 2.22. The first-order valence-corrected chi connectivity index (χ1v) is 6.36. The Hall–Kier alpha value is -2.57. The fraction of sp³-hybridized carbons (Fsp3) is 0.286. The van der Waals surface area contributed by atoms with Gasteiger partial charge in [-0.3, -0.25) is 0 Å². The van der Waals surface area contributed by atoms with Gasteiger partial charge in [0.2, 0.25) is 5.88 Å². The highest BCUT2D eigenvalue weighted by Gasteiger charge is 2.16. The Balaban J connectivity index is 2.09. The Bertz CT molecular complexity index is 661. The number of carbonyl (C=O) groups excluding carboxylic acids is 1. The molecule has 7 heteroatoms. The number of anilines is 1. The summed E-state index contributed by atoms with van der Waals surface area (Å²) in [6.45, 7) is 5.59. The maximum atomic E-state index is 13.3. The average molecular weight is 292 g/mol. The van der Waals surface area contributed by atoms with Crippen molar-refractivity contribution < 1.29 is 13.9 Å². The van der Waals surface area contributed by atoms with Gasteiger partial charge in [-0.25, -0.2) is 9.18 Å². The molecule has 0 radical (unpaired) electrons. The maximum absolute atomic E-state index is 13.3. The second-order valence-electron chi connectivity index (χ2n) is 5.56. The largest absolute Gasteiger partial charge is 0.437 e. The number of halogens is 1. The summed E-state index contributed by atoms with van der Waals surface area (Å²) in [6.07, 6.45) is 1.46. The van der Waals surface area contributed by atoms with Crippen LogP contribution >= 0.6 is 0 Å². The third-order valence-corrected chi connectivity index (χ3v) is 2.45. The van der Waals surface area contributed by atoms with E-state index in [9.17, 15) is 9.18 Å². The van der Waals surface area contributed by atoms with E-state index in [2.05, 4.69) is 10.4 Å². The van der Waals surface area contributed by atoms with E-state index in [0.717, 1.165) is 10.7 Å². The predicted molar refractivity (Wildman–Crippen MR) is 76.8 cm³/mol. The summed E-state index contributed by atoms with van der Waals surface area (Å²) in [5.41, 5.74) is 5.05. The van der Waals surface area contributed by atoms with Gasteiger partial charge in [0.1, 0.15) is 11.6 Å². The van der Waals surface area contributed by atoms with E-state index in [1.165, 1.54) is 24.4 Å². The zero-order valence-electron chi connectivity index (χ0n) is 12.1. The zero-order valence-corrected chi connectivity index (χ0v) is 12.1. The summed E-state index contributed by atoms with van der Waals surface area (Å²) < 4.78 is 19.8. The number of amides is 1. The highest BCUT2D eigenvalue weighted by molar-refractivity contribution is 5.76. The lowest BCUT2D eigenvalue weighted by atomic mass is 10.1. The number of carbonyl (C=O) groups is 1. The minimum absolute atomic E-state index is 0.0393. The Morgan fingerprint density at radius 1 is 1.38 bits per heavy atom. The molecule has 0 atom stereocenters. The van der Waals surface area contributed by atoms with Crippen LogP contribution < -0.4 is 15.8 Å². The Labute approximate surface area is 121 Å². The van der Waals surface area contributed by atoms with Crippen molar-refractivity contribution in [2.45, 2.75) is 26.3 Å². The number of rotatable bonds is 2. The van der Waals surface area contributed by atoms with Crippen LogP contribution in [0.25, 0.3) is 0 Å². The first-order chi connectivity index (χ1) is 9.74. The van der Waals surface area contributed by atoms with Crippen molar-refractivity contribution in [1.82, 2.24) is 15.1 Å². The summed E-state index contributed by atoms with van der Waals surface area (Å²) in [5, 5.41) is 6.73. The molecule has 1 aromatic carbocycles. The van der Waals surface area contributed by atoms with Crippen LogP contribution in [0.4, 0.5) is 14.9 Å². The van der Waals surface area contributed by atoms with E-state index >= 15 is 0 Å². The number of nitrogens with one attached hydrogen (secondary N) is 1. The van der Waals surface area contributed by atoms with Gasteiger partial charge in [-0.15, -0.1) is 5.10 Å². The van der Waals surface area contributed by atoms with Gasteiger partial charge >= 0.3 is 6.03 Å². The predicted octanol–water partition coefficient (Wildman–Crippen LogP) is 2.75. The smallest absolute Gasteiger partial charge is 0.342 e. The molecule has 0 aliphatic heterocycles. The third-order valence-electron chi connectivity index (χ3n) is 2.45. The van der Waals surface area contributed by atoms with Crippen molar-refractivity contribution in [2.24, 2.45) is 0 Å². The molecule has 2 aromatic rings. The Kier molecular flexibility index (Phi) is 3.84. The summed E-state index contributed by atoms with van der Waals surface area (Å²) in [4.78, 5) is 11.9. The van der Waals surface area contributed by atoms with Gasteiger partial charge in [0.25, 0.3) is 0 Å². The molecular formula is C14H17FN4O2. The van der Waals surface area contributed by atoms with Crippen LogP contribution in [0.2, 0.25) is 0 Å². The molecule has 0 bridgehead atoms. The normalized spacial score (nSPS) is 11.2. The fourth-order valence-corrected chi connectivity index (χ4v) is 1.54. The van der Waals surface area contributed by atoms with Crippen LogP contribution in [0.5, 0.6) is 11.6 Å². The molecule has 1 heterocycles. The van der Waals surface area contributed by atoms with E-state index in [1.54, 1.807) is 0 Å². The second-order valence-corrected chi connectivity index (χ2v) is 5.56. The topological polar surface area (TPSA) is 82.2 Å².